The predicted octanol–water partition coefficient (Wildman–Crippen LogP) is 3.52. The lowest BCUT2D eigenvalue weighted by Gasteiger charge is -2.13. The topological polar surface area (TPSA) is 109 Å². The number of anilines is 1. The molecule has 0 aromatic heterocycles. The summed E-state index contributed by atoms with van der Waals surface area (Å²) in [6, 6.07) is 12.0. The van der Waals surface area contributed by atoms with Gasteiger partial charge < -0.3 is 15.4 Å². The normalized spacial score (nSPS) is 16.4. The number of carbonyl (C=O) groups excluding carboxylic acids is 3. The summed E-state index contributed by atoms with van der Waals surface area (Å²) in [6.07, 6.45) is 2.01. The zero-order chi connectivity index (χ0) is 23.4. The SMILES string of the molecule is O=C(CCCNC(=O)C1=CC=N1)OC1N=C(c2ccccc2Cl)c2cc(Cl)ccc2NC1=O. The van der Waals surface area contributed by atoms with Crippen LogP contribution in [0.25, 0.3) is 0 Å². The van der Waals surface area contributed by atoms with Crippen LogP contribution in [-0.4, -0.2) is 42.5 Å². The van der Waals surface area contributed by atoms with E-state index in [9.17, 15) is 14.4 Å². The second-order valence-corrected chi connectivity index (χ2v) is 8.01. The van der Waals surface area contributed by atoms with Crippen molar-refractivity contribution in [3.8, 4) is 0 Å². The largest absolute Gasteiger partial charge is 0.430 e. The molecule has 33 heavy (non-hydrogen) atoms. The number of fused-ring (bicyclic) bond motifs is 1. The molecule has 2 aromatic rings. The van der Waals surface area contributed by atoms with Gasteiger partial charge in [0.25, 0.3) is 18.0 Å². The molecule has 0 saturated heterocycles. The van der Waals surface area contributed by atoms with Crippen LogP contribution in [0.4, 0.5) is 5.69 Å². The number of nitrogens with zero attached hydrogens (tertiary/aromatic N) is 2. The summed E-state index contributed by atoms with van der Waals surface area (Å²) in [5, 5.41) is 6.24. The van der Waals surface area contributed by atoms with Crippen LogP contribution in [0.1, 0.15) is 24.0 Å². The Morgan fingerprint density at radius 3 is 2.64 bits per heavy atom. The second kappa shape index (κ2) is 9.97. The van der Waals surface area contributed by atoms with Gasteiger partial charge in [-0.15, -0.1) is 0 Å². The number of carbonyl (C=O) groups is 3. The first-order valence-electron chi connectivity index (χ1n) is 10.1. The lowest BCUT2D eigenvalue weighted by Crippen LogP contribution is -2.31. The number of nitrogens with one attached hydrogen (secondary N) is 2. The van der Waals surface area contributed by atoms with Gasteiger partial charge in [-0.25, -0.2) is 4.99 Å². The maximum absolute atomic E-state index is 12.8. The predicted molar refractivity (Wildman–Crippen MR) is 126 cm³/mol. The number of hydrogen-bond donors (Lipinski definition) is 2. The molecule has 0 saturated carbocycles. The summed E-state index contributed by atoms with van der Waals surface area (Å²) in [4.78, 5) is 45.1. The molecule has 0 radical (unpaired) electrons. The lowest BCUT2D eigenvalue weighted by atomic mass is 10.0. The first kappa shape index (κ1) is 22.7. The Hall–Kier alpha value is -3.49. The van der Waals surface area contributed by atoms with E-state index in [0.29, 0.717) is 44.7 Å². The molecule has 8 nitrogen and oxygen atoms in total. The summed E-state index contributed by atoms with van der Waals surface area (Å²) in [6.45, 7) is 0.260. The average Bonchev–Trinajstić information content (AvgIpc) is 2.87. The first-order chi connectivity index (χ1) is 15.9. The number of aliphatic imine (C=N–C) groups is 2. The van der Waals surface area contributed by atoms with Crippen LogP contribution < -0.4 is 10.6 Å². The highest BCUT2D eigenvalue weighted by molar-refractivity contribution is 6.37. The van der Waals surface area contributed by atoms with Crippen molar-refractivity contribution < 1.29 is 19.1 Å². The van der Waals surface area contributed by atoms with Gasteiger partial charge in [-0.1, -0.05) is 41.4 Å². The number of halogens is 2. The number of rotatable bonds is 7. The highest BCUT2D eigenvalue weighted by Crippen LogP contribution is 2.30. The molecule has 168 valence electrons. The van der Waals surface area contributed by atoms with Crippen molar-refractivity contribution >= 4 is 58.6 Å². The van der Waals surface area contributed by atoms with Crippen LogP contribution in [0.5, 0.6) is 0 Å². The van der Waals surface area contributed by atoms with Crippen molar-refractivity contribution in [2.75, 3.05) is 11.9 Å². The fraction of sp³-hybridized carbons (Fsp3) is 0.174. The van der Waals surface area contributed by atoms with Crippen LogP contribution in [0.3, 0.4) is 0 Å². The summed E-state index contributed by atoms with van der Waals surface area (Å²) in [5.74, 6) is -1.53. The van der Waals surface area contributed by atoms with Gasteiger partial charge >= 0.3 is 5.97 Å². The summed E-state index contributed by atoms with van der Waals surface area (Å²) >= 11 is 12.6. The van der Waals surface area contributed by atoms with Gasteiger partial charge in [-0.3, -0.25) is 19.4 Å². The van der Waals surface area contributed by atoms with Crippen LogP contribution in [0, 0.1) is 0 Å². The summed E-state index contributed by atoms with van der Waals surface area (Å²) in [5.41, 5.74) is 2.30. The minimum absolute atomic E-state index is 0.0118. The molecule has 10 heteroatoms. The average molecular weight is 485 g/mol. The van der Waals surface area contributed by atoms with Crippen molar-refractivity contribution in [3.05, 3.63) is 75.4 Å². The molecule has 0 spiro atoms. The lowest BCUT2D eigenvalue weighted by molar-refractivity contribution is -0.153. The minimum Gasteiger partial charge on any atom is -0.430 e. The van der Waals surface area contributed by atoms with E-state index < -0.39 is 18.1 Å². The Balaban J connectivity index is 1.49. The van der Waals surface area contributed by atoms with Crippen LogP contribution in [0.15, 0.2) is 64.2 Å². The Kier molecular flexibility index (Phi) is 6.86. The standard InChI is InChI=1S/C23H18Cl2N4O4/c24-13-7-8-17-15(12-13)20(14-4-1-2-5-16(14)25)29-23(22(32)28-17)33-19(30)6-3-10-27-21(31)18-9-11-26-18/h1-2,4-5,7-9,11-12,23H,3,6,10H2,(H,27,31)(H,28,32). The molecule has 2 aromatic carbocycles. The molecule has 0 fully saturated rings. The molecule has 2 amide bonds. The van der Waals surface area contributed by atoms with E-state index in [4.69, 9.17) is 27.9 Å². The molecule has 2 aliphatic heterocycles. The molecular weight excluding hydrogens is 467 g/mol. The molecule has 1 unspecified atom stereocenters. The van der Waals surface area contributed by atoms with E-state index in [-0.39, 0.29) is 18.9 Å². The molecule has 0 aliphatic carbocycles. The van der Waals surface area contributed by atoms with Crippen LogP contribution >= 0.6 is 23.2 Å². The number of hydrogen-bond acceptors (Lipinski definition) is 6. The van der Waals surface area contributed by atoms with Gasteiger partial charge in [0.15, 0.2) is 0 Å². The van der Waals surface area contributed by atoms with Crippen molar-refractivity contribution in [3.63, 3.8) is 0 Å². The van der Waals surface area contributed by atoms with E-state index >= 15 is 0 Å². The Bertz CT molecular complexity index is 1220. The smallest absolute Gasteiger partial charge is 0.308 e. The number of ether oxygens (including phenoxy) is 1. The van der Waals surface area contributed by atoms with Gasteiger partial charge in [-0.2, -0.15) is 0 Å². The Labute approximate surface area is 199 Å². The number of allylic oxidation sites excluding steroid dienone is 1. The van der Waals surface area contributed by atoms with E-state index in [1.54, 1.807) is 48.5 Å². The maximum atomic E-state index is 12.8. The van der Waals surface area contributed by atoms with E-state index in [1.165, 1.54) is 6.21 Å². The van der Waals surface area contributed by atoms with Crippen LogP contribution in [-0.2, 0) is 19.1 Å². The van der Waals surface area contributed by atoms with Crippen molar-refractivity contribution in [2.45, 2.75) is 19.1 Å². The van der Waals surface area contributed by atoms with Gasteiger partial charge in [0.05, 0.1) is 11.4 Å². The molecule has 2 N–H and O–H groups in total. The second-order valence-electron chi connectivity index (χ2n) is 7.17. The van der Waals surface area contributed by atoms with Gasteiger partial charge in [0.1, 0.15) is 5.70 Å². The number of benzodiazepines with no additional fused rings is 1. The number of esters is 1. The van der Waals surface area contributed by atoms with Gasteiger partial charge in [0.2, 0.25) is 0 Å². The van der Waals surface area contributed by atoms with E-state index in [0.717, 1.165) is 0 Å². The molecular formula is C23H18Cl2N4O4. The van der Waals surface area contributed by atoms with Gasteiger partial charge in [0, 0.05) is 40.4 Å². The zero-order valence-electron chi connectivity index (χ0n) is 17.2. The quantitative estimate of drug-likeness (QED) is 0.462. The van der Waals surface area contributed by atoms with Crippen LogP contribution in [0.2, 0.25) is 10.0 Å². The Morgan fingerprint density at radius 2 is 1.91 bits per heavy atom. The highest BCUT2D eigenvalue weighted by atomic mass is 35.5. The highest BCUT2D eigenvalue weighted by Gasteiger charge is 2.29. The molecule has 4 rings (SSSR count). The number of benzene rings is 2. The van der Waals surface area contributed by atoms with E-state index in [2.05, 4.69) is 20.6 Å². The molecule has 1 atom stereocenters. The van der Waals surface area contributed by atoms with Crippen molar-refractivity contribution in [1.82, 2.24) is 5.32 Å². The molecule has 0 bridgehead atoms. The van der Waals surface area contributed by atoms with Crippen molar-refractivity contribution in [1.29, 1.82) is 0 Å². The fourth-order valence-electron chi connectivity index (χ4n) is 3.20. The third kappa shape index (κ3) is 5.30. The van der Waals surface area contributed by atoms with Gasteiger partial charge in [-0.05, 0) is 36.8 Å². The summed E-state index contributed by atoms with van der Waals surface area (Å²) in [7, 11) is 0. The Morgan fingerprint density at radius 1 is 1.12 bits per heavy atom. The first-order valence-corrected chi connectivity index (χ1v) is 10.8. The third-order valence-corrected chi connectivity index (χ3v) is 5.42. The fourth-order valence-corrected chi connectivity index (χ4v) is 3.60. The molecule has 2 heterocycles. The molecule has 2 aliphatic rings. The van der Waals surface area contributed by atoms with Crippen molar-refractivity contribution in [2.24, 2.45) is 9.98 Å². The minimum atomic E-state index is -1.42. The number of amides is 2. The third-order valence-electron chi connectivity index (χ3n) is 4.86. The monoisotopic (exact) mass is 484 g/mol. The summed E-state index contributed by atoms with van der Waals surface area (Å²) < 4.78 is 5.36. The van der Waals surface area contributed by atoms with E-state index in [1.807, 2.05) is 0 Å². The zero-order valence-corrected chi connectivity index (χ0v) is 18.7. The maximum Gasteiger partial charge on any atom is 0.308 e.